The van der Waals surface area contributed by atoms with Crippen LogP contribution >= 0.6 is 0 Å². The lowest BCUT2D eigenvalue weighted by Crippen LogP contribution is -2.27. The van der Waals surface area contributed by atoms with Crippen LogP contribution in [0.4, 0.5) is 17.2 Å². The van der Waals surface area contributed by atoms with E-state index in [0.29, 0.717) is 17.3 Å². The van der Waals surface area contributed by atoms with Crippen molar-refractivity contribution in [3.8, 4) is 0 Å². The monoisotopic (exact) mass is 346 g/mol. The topological polar surface area (TPSA) is 58.1 Å². The maximum atomic E-state index is 12.8. The number of benzene rings is 2. The van der Waals surface area contributed by atoms with E-state index in [2.05, 4.69) is 41.3 Å². The first-order valence-electron chi connectivity index (χ1n) is 8.47. The molecular formula is C21H22N4O. The van der Waals surface area contributed by atoms with Crippen LogP contribution in [0.2, 0.25) is 0 Å². The lowest BCUT2D eigenvalue weighted by molar-refractivity contribution is 0.0988. The van der Waals surface area contributed by atoms with Crippen LogP contribution in [0.25, 0.3) is 0 Å². The van der Waals surface area contributed by atoms with Crippen LogP contribution in [-0.2, 0) is 0 Å². The van der Waals surface area contributed by atoms with Gasteiger partial charge < -0.3 is 10.2 Å². The lowest BCUT2D eigenvalue weighted by Gasteiger charge is -2.17. The second-order valence-corrected chi connectivity index (χ2v) is 6.31. The first kappa shape index (κ1) is 17.6. The van der Waals surface area contributed by atoms with Gasteiger partial charge in [-0.15, -0.1) is 0 Å². The van der Waals surface area contributed by atoms with E-state index in [1.165, 1.54) is 11.1 Å². The van der Waals surface area contributed by atoms with Gasteiger partial charge in [0.25, 0.3) is 5.91 Å². The molecule has 0 atom stereocenters. The molecule has 2 aromatic carbocycles. The minimum Gasteiger partial charge on any atom is -0.340 e. The van der Waals surface area contributed by atoms with Crippen molar-refractivity contribution in [1.82, 2.24) is 9.97 Å². The van der Waals surface area contributed by atoms with Crippen LogP contribution in [0.5, 0.6) is 0 Å². The summed E-state index contributed by atoms with van der Waals surface area (Å²) in [6.07, 6.45) is 0. The number of aromatic nitrogens is 2. The van der Waals surface area contributed by atoms with E-state index in [1.807, 2.05) is 36.4 Å². The molecule has 3 rings (SSSR count). The van der Waals surface area contributed by atoms with Gasteiger partial charge in [-0.3, -0.25) is 4.79 Å². The third kappa shape index (κ3) is 3.88. The average Bonchev–Trinajstić information content (AvgIpc) is 2.64. The molecule has 0 aliphatic rings. The van der Waals surface area contributed by atoms with Gasteiger partial charge in [0.2, 0.25) is 0 Å². The van der Waals surface area contributed by atoms with Crippen molar-refractivity contribution in [3.63, 3.8) is 0 Å². The zero-order valence-corrected chi connectivity index (χ0v) is 15.4. The van der Waals surface area contributed by atoms with E-state index in [9.17, 15) is 4.79 Å². The van der Waals surface area contributed by atoms with Crippen LogP contribution in [-0.4, -0.2) is 22.9 Å². The number of hydrogen-bond acceptors (Lipinski definition) is 4. The highest BCUT2D eigenvalue weighted by atomic mass is 16.2. The molecule has 132 valence electrons. The summed E-state index contributed by atoms with van der Waals surface area (Å²) in [5, 5.41) is 3.26. The molecule has 0 fully saturated rings. The van der Waals surface area contributed by atoms with Crippen LogP contribution in [0, 0.1) is 20.8 Å². The molecule has 3 aromatic rings. The third-order valence-electron chi connectivity index (χ3n) is 4.28. The molecule has 0 saturated carbocycles. The Labute approximate surface area is 153 Å². The number of hydrogen-bond donors (Lipinski definition) is 1. The fourth-order valence-electron chi connectivity index (χ4n) is 2.65. The fourth-order valence-corrected chi connectivity index (χ4v) is 2.65. The SMILES string of the molecule is Cc1nc(Nc2ccc(C)c(C)c2)cc(C(=O)N(C)c2ccccc2)n1. The number of anilines is 3. The minimum absolute atomic E-state index is 0.176. The number of carbonyl (C=O) groups is 1. The van der Waals surface area contributed by atoms with Crippen molar-refractivity contribution in [2.24, 2.45) is 0 Å². The number of amides is 1. The highest BCUT2D eigenvalue weighted by Crippen LogP contribution is 2.20. The standard InChI is InChI=1S/C21H22N4O/c1-14-10-11-17(12-15(14)2)24-20-13-19(22-16(3)23-20)21(26)25(4)18-8-6-5-7-9-18/h5-13H,1-4H3,(H,22,23,24). The Kier molecular flexibility index (Phi) is 4.98. The summed E-state index contributed by atoms with van der Waals surface area (Å²) in [6.45, 7) is 5.92. The van der Waals surface area contributed by atoms with E-state index in [1.54, 1.807) is 24.9 Å². The van der Waals surface area contributed by atoms with Crippen molar-refractivity contribution in [2.75, 3.05) is 17.3 Å². The van der Waals surface area contributed by atoms with Gasteiger partial charge in [-0.25, -0.2) is 9.97 Å². The van der Waals surface area contributed by atoms with Gasteiger partial charge in [0.05, 0.1) is 0 Å². The van der Waals surface area contributed by atoms with E-state index in [0.717, 1.165) is 11.4 Å². The molecule has 0 aliphatic carbocycles. The molecule has 0 spiro atoms. The van der Waals surface area contributed by atoms with Crippen LogP contribution in [0.1, 0.15) is 27.4 Å². The molecule has 26 heavy (non-hydrogen) atoms. The van der Waals surface area contributed by atoms with Gasteiger partial charge in [-0.2, -0.15) is 0 Å². The maximum absolute atomic E-state index is 12.8. The molecule has 0 bridgehead atoms. The van der Waals surface area contributed by atoms with Crippen molar-refractivity contribution < 1.29 is 4.79 Å². The molecule has 0 radical (unpaired) electrons. The molecule has 1 amide bonds. The van der Waals surface area contributed by atoms with Crippen molar-refractivity contribution in [2.45, 2.75) is 20.8 Å². The van der Waals surface area contributed by atoms with Gasteiger partial charge in [0, 0.05) is 24.5 Å². The number of nitrogens with one attached hydrogen (secondary N) is 1. The van der Waals surface area contributed by atoms with Gasteiger partial charge in [0.1, 0.15) is 17.3 Å². The van der Waals surface area contributed by atoms with Gasteiger partial charge in [-0.05, 0) is 56.2 Å². The van der Waals surface area contributed by atoms with E-state index < -0.39 is 0 Å². The molecule has 0 aliphatic heterocycles. The quantitative estimate of drug-likeness (QED) is 0.759. The number of rotatable bonds is 4. The Morgan fingerprint density at radius 2 is 1.65 bits per heavy atom. The van der Waals surface area contributed by atoms with Gasteiger partial charge >= 0.3 is 0 Å². The van der Waals surface area contributed by atoms with Crippen molar-refractivity contribution >= 4 is 23.1 Å². The predicted octanol–water partition coefficient (Wildman–Crippen LogP) is 4.42. The zero-order chi connectivity index (χ0) is 18.7. The first-order chi connectivity index (χ1) is 12.4. The van der Waals surface area contributed by atoms with Crippen LogP contribution in [0.15, 0.2) is 54.6 Å². The third-order valence-corrected chi connectivity index (χ3v) is 4.28. The number of nitrogens with zero attached hydrogens (tertiary/aromatic N) is 3. The highest BCUT2D eigenvalue weighted by molar-refractivity contribution is 6.04. The predicted molar refractivity (Wildman–Crippen MR) is 105 cm³/mol. The minimum atomic E-state index is -0.176. The number of para-hydroxylation sites is 1. The first-order valence-corrected chi connectivity index (χ1v) is 8.47. The van der Waals surface area contributed by atoms with Crippen LogP contribution < -0.4 is 10.2 Å². The Morgan fingerprint density at radius 3 is 2.35 bits per heavy atom. The summed E-state index contributed by atoms with van der Waals surface area (Å²) >= 11 is 0. The Bertz CT molecular complexity index is 938. The zero-order valence-electron chi connectivity index (χ0n) is 15.4. The molecule has 5 nitrogen and oxygen atoms in total. The lowest BCUT2D eigenvalue weighted by atomic mass is 10.1. The Hall–Kier alpha value is -3.21. The molecule has 1 heterocycles. The molecule has 1 aromatic heterocycles. The van der Waals surface area contributed by atoms with E-state index in [-0.39, 0.29) is 5.91 Å². The summed E-state index contributed by atoms with van der Waals surface area (Å²) in [5.41, 5.74) is 4.53. The highest BCUT2D eigenvalue weighted by Gasteiger charge is 2.16. The van der Waals surface area contributed by atoms with E-state index in [4.69, 9.17) is 0 Å². The average molecular weight is 346 g/mol. The summed E-state index contributed by atoms with van der Waals surface area (Å²) in [6, 6.07) is 17.3. The molecule has 5 heteroatoms. The largest absolute Gasteiger partial charge is 0.340 e. The summed E-state index contributed by atoms with van der Waals surface area (Å²) < 4.78 is 0. The number of aryl methyl sites for hydroxylation is 3. The molecule has 0 saturated heterocycles. The maximum Gasteiger partial charge on any atom is 0.276 e. The Morgan fingerprint density at radius 1 is 0.923 bits per heavy atom. The molecular weight excluding hydrogens is 324 g/mol. The second-order valence-electron chi connectivity index (χ2n) is 6.31. The van der Waals surface area contributed by atoms with E-state index >= 15 is 0 Å². The van der Waals surface area contributed by atoms with Gasteiger partial charge in [-0.1, -0.05) is 24.3 Å². The van der Waals surface area contributed by atoms with Crippen molar-refractivity contribution in [3.05, 3.63) is 77.2 Å². The fraction of sp³-hybridized carbons (Fsp3) is 0.190. The normalized spacial score (nSPS) is 10.5. The smallest absolute Gasteiger partial charge is 0.276 e. The molecule has 0 unspecified atom stereocenters. The summed E-state index contributed by atoms with van der Waals surface area (Å²) in [7, 11) is 1.74. The van der Waals surface area contributed by atoms with Crippen LogP contribution in [0.3, 0.4) is 0 Å². The number of carbonyl (C=O) groups excluding carboxylic acids is 1. The van der Waals surface area contributed by atoms with Crippen molar-refractivity contribution in [1.29, 1.82) is 0 Å². The second kappa shape index (κ2) is 7.35. The summed E-state index contributed by atoms with van der Waals surface area (Å²) in [4.78, 5) is 23.1. The Balaban J connectivity index is 1.87. The molecule has 1 N–H and O–H groups in total. The summed E-state index contributed by atoms with van der Waals surface area (Å²) in [5.74, 6) is 0.971. The van der Waals surface area contributed by atoms with Gasteiger partial charge in [0.15, 0.2) is 0 Å².